The third-order valence-electron chi connectivity index (χ3n) is 3.50. The second-order valence-electron chi connectivity index (χ2n) is 5.05. The van der Waals surface area contributed by atoms with Crippen LogP contribution >= 0.6 is 0 Å². The van der Waals surface area contributed by atoms with Crippen LogP contribution in [0.15, 0.2) is 66.7 Å². The highest BCUT2D eigenvalue weighted by Crippen LogP contribution is 2.24. The van der Waals surface area contributed by atoms with E-state index in [1.165, 1.54) is 7.11 Å². The topological polar surface area (TPSA) is 46.5 Å². The summed E-state index contributed by atoms with van der Waals surface area (Å²) in [4.78, 5) is 11.4. The van der Waals surface area contributed by atoms with Gasteiger partial charge < -0.3 is 9.84 Å². The molecular weight excluding hydrogens is 276 g/mol. The van der Waals surface area contributed by atoms with E-state index in [2.05, 4.69) is 4.74 Å². The predicted octanol–water partition coefficient (Wildman–Crippen LogP) is 3.41. The molecule has 2 aromatic rings. The number of esters is 1. The number of hydrogen-bond donors (Lipinski definition) is 1. The molecule has 1 N–H and O–H groups in total. The summed E-state index contributed by atoms with van der Waals surface area (Å²) in [5.74, 6) is -0.679. The van der Waals surface area contributed by atoms with Gasteiger partial charge in [0.25, 0.3) is 0 Å². The summed E-state index contributed by atoms with van der Waals surface area (Å²) in [6.45, 7) is 0. The maximum absolute atomic E-state index is 11.4. The van der Waals surface area contributed by atoms with E-state index in [0.29, 0.717) is 0 Å². The van der Waals surface area contributed by atoms with Crippen LogP contribution in [0.4, 0.5) is 0 Å². The van der Waals surface area contributed by atoms with Crippen molar-refractivity contribution >= 4 is 12.0 Å². The number of methoxy groups -OCH3 is 1. The average molecular weight is 296 g/mol. The highest BCUT2D eigenvalue weighted by atomic mass is 16.5. The molecule has 0 aliphatic rings. The van der Waals surface area contributed by atoms with Gasteiger partial charge in [-0.15, -0.1) is 0 Å². The Labute approximate surface area is 130 Å². The lowest BCUT2D eigenvalue weighted by atomic mass is 9.90. The number of carbonyl (C=O) groups is 1. The minimum atomic E-state index is -0.824. The van der Waals surface area contributed by atoms with Crippen LogP contribution in [0.2, 0.25) is 0 Å². The van der Waals surface area contributed by atoms with Gasteiger partial charge >= 0.3 is 5.97 Å². The third-order valence-corrected chi connectivity index (χ3v) is 3.50. The van der Waals surface area contributed by atoms with Crippen molar-refractivity contribution in [2.24, 2.45) is 0 Å². The lowest BCUT2D eigenvalue weighted by molar-refractivity contribution is -0.142. The number of ether oxygens (including phenoxy) is 1. The van der Waals surface area contributed by atoms with Crippen LogP contribution in [0, 0.1) is 0 Å². The van der Waals surface area contributed by atoms with E-state index < -0.39 is 12.1 Å². The first kappa shape index (κ1) is 16.0. The summed E-state index contributed by atoms with van der Waals surface area (Å²) in [6.07, 6.45) is 3.03. The van der Waals surface area contributed by atoms with Crippen LogP contribution < -0.4 is 0 Å². The molecule has 2 aromatic carbocycles. The fraction of sp³-hybridized carbons (Fsp3) is 0.211. The van der Waals surface area contributed by atoms with E-state index in [-0.39, 0.29) is 12.3 Å². The van der Waals surface area contributed by atoms with Crippen LogP contribution in [-0.4, -0.2) is 24.3 Å². The molecule has 2 atom stereocenters. The van der Waals surface area contributed by atoms with Gasteiger partial charge in [-0.25, -0.2) is 0 Å². The van der Waals surface area contributed by atoms with E-state index in [4.69, 9.17) is 0 Å². The molecule has 0 saturated carbocycles. The Morgan fingerprint density at radius 1 is 1.09 bits per heavy atom. The van der Waals surface area contributed by atoms with Crippen LogP contribution in [-0.2, 0) is 9.53 Å². The molecule has 114 valence electrons. The molecule has 3 heteroatoms. The van der Waals surface area contributed by atoms with Gasteiger partial charge in [-0.3, -0.25) is 4.79 Å². The molecule has 3 nitrogen and oxygen atoms in total. The molecule has 0 amide bonds. The van der Waals surface area contributed by atoms with Crippen molar-refractivity contribution in [1.82, 2.24) is 0 Å². The van der Waals surface area contributed by atoms with Gasteiger partial charge in [-0.05, 0) is 11.1 Å². The van der Waals surface area contributed by atoms with Crippen molar-refractivity contribution in [3.63, 3.8) is 0 Å². The first-order valence-corrected chi connectivity index (χ1v) is 7.24. The summed E-state index contributed by atoms with van der Waals surface area (Å²) in [5.41, 5.74) is 2.01. The molecule has 2 rings (SSSR count). The quantitative estimate of drug-likeness (QED) is 0.831. The van der Waals surface area contributed by atoms with Crippen molar-refractivity contribution in [2.45, 2.75) is 18.4 Å². The van der Waals surface area contributed by atoms with Crippen molar-refractivity contribution in [2.75, 3.05) is 7.11 Å². The Kier molecular flexibility index (Phi) is 5.92. The minimum absolute atomic E-state index is 0.0325. The summed E-state index contributed by atoms with van der Waals surface area (Å²) < 4.78 is 4.65. The number of aliphatic hydroxyl groups excluding tert-OH is 1. The Hall–Kier alpha value is -2.39. The van der Waals surface area contributed by atoms with Crippen LogP contribution in [0.25, 0.3) is 6.08 Å². The fourth-order valence-electron chi connectivity index (χ4n) is 2.30. The second-order valence-corrected chi connectivity index (χ2v) is 5.05. The van der Waals surface area contributed by atoms with Gasteiger partial charge in [0, 0.05) is 5.92 Å². The number of benzene rings is 2. The summed E-state index contributed by atoms with van der Waals surface area (Å²) in [6, 6.07) is 19.5. The number of rotatable bonds is 6. The normalized spacial score (nSPS) is 13.7. The second kappa shape index (κ2) is 8.15. The Bertz CT molecular complexity index is 605. The SMILES string of the molecule is COC(=O)C[C@@H](O)[C@H](/C=C/c1ccccc1)c1ccccc1. The van der Waals surface area contributed by atoms with Gasteiger partial charge in [-0.1, -0.05) is 72.8 Å². The largest absolute Gasteiger partial charge is 0.469 e. The molecule has 0 radical (unpaired) electrons. The molecule has 0 aliphatic carbocycles. The molecular formula is C19H20O3. The van der Waals surface area contributed by atoms with Gasteiger partial charge in [-0.2, -0.15) is 0 Å². The zero-order chi connectivity index (χ0) is 15.8. The van der Waals surface area contributed by atoms with Crippen LogP contribution in [0.5, 0.6) is 0 Å². The van der Waals surface area contributed by atoms with Crippen LogP contribution in [0.1, 0.15) is 23.5 Å². The van der Waals surface area contributed by atoms with Crippen molar-refractivity contribution in [3.8, 4) is 0 Å². The van der Waals surface area contributed by atoms with Crippen molar-refractivity contribution < 1.29 is 14.6 Å². The van der Waals surface area contributed by atoms with E-state index in [1.54, 1.807) is 0 Å². The maximum Gasteiger partial charge on any atom is 0.308 e. The first-order chi connectivity index (χ1) is 10.7. The highest BCUT2D eigenvalue weighted by molar-refractivity contribution is 5.70. The smallest absolute Gasteiger partial charge is 0.308 e. The zero-order valence-electron chi connectivity index (χ0n) is 12.6. The number of aliphatic hydroxyl groups is 1. The van der Waals surface area contributed by atoms with E-state index in [1.807, 2.05) is 72.8 Å². The molecule has 22 heavy (non-hydrogen) atoms. The van der Waals surface area contributed by atoms with Gasteiger partial charge in [0.05, 0.1) is 19.6 Å². The summed E-state index contributed by atoms with van der Waals surface area (Å²) >= 11 is 0. The number of carbonyl (C=O) groups excluding carboxylic acids is 1. The lowest BCUT2D eigenvalue weighted by Gasteiger charge is -2.19. The number of hydrogen-bond acceptors (Lipinski definition) is 3. The summed E-state index contributed by atoms with van der Waals surface area (Å²) in [5, 5.41) is 10.4. The Morgan fingerprint density at radius 2 is 1.68 bits per heavy atom. The molecule has 0 fully saturated rings. The van der Waals surface area contributed by atoms with E-state index >= 15 is 0 Å². The molecule has 0 unspecified atom stereocenters. The first-order valence-electron chi connectivity index (χ1n) is 7.24. The minimum Gasteiger partial charge on any atom is -0.469 e. The van der Waals surface area contributed by atoms with E-state index in [0.717, 1.165) is 11.1 Å². The molecule has 0 aromatic heterocycles. The molecule has 0 bridgehead atoms. The maximum atomic E-state index is 11.4. The average Bonchev–Trinajstić information content (AvgIpc) is 2.57. The van der Waals surface area contributed by atoms with Crippen molar-refractivity contribution in [1.29, 1.82) is 0 Å². The standard InChI is InChI=1S/C19H20O3/c1-22-19(21)14-18(20)17(16-10-6-3-7-11-16)13-12-15-8-4-2-5-9-15/h2-13,17-18,20H,14H2,1H3/b13-12+/t17-,18-/m1/s1. The third kappa shape index (κ3) is 4.57. The van der Waals surface area contributed by atoms with Crippen LogP contribution in [0.3, 0.4) is 0 Å². The van der Waals surface area contributed by atoms with Gasteiger partial charge in [0.15, 0.2) is 0 Å². The van der Waals surface area contributed by atoms with Crippen molar-refractivity contribution in [3.05, 3.63) is 77.9 Å². The molecule has 0 saturated heterocycles. The molecule has 0 aliphatic heterocycles. The fourth-order valence-corrected chi connectivity index (χ4v) is 2.30. The zero-order valence-corrected chi connectivity index (χ0v) is 12.6. The van der Waals surface area contributed by atoms with Gasteiger partial charge in [0.1, 0.15) is 0 Å². The predicted molar refractivity (Wildman–Crippen MR) is 87.3 cm³/mol. The monoisotopic (exact) mass is 296 g/mol. The molecule has 0 heterocycles. The lowest BCUT2D eigenvalue weighted by Crippen LogP contribution is -2.21. The Balaban J connectivity index is 2.22. The Morgan fingerprint density at radius 3 is 2.27 bits per heavy atom. The van der Waals surface area contributed by atoms with E-state index in [9.17, 15) is 9.90 Å². The molecule has 0 spiro atoms. The van der Waals surface area contributed by atoms with Gasteiger partial charge in [0.2, 0.25) is 0 Å². The highest BCUT2D eigenvalue weighted by Gasteiger charge is 2.21. The summed E-state index contributed by atoms with van der Waals surface area (Å²) in [7, 11) is 1.33.